The number of hydrogen-bond donors (Lipinski definition) is 2. The van der Waals surface area contributed by atoms with Crippen molar-refractivity contribution in [3.05, 3.63) is 24.2 Å². The van der Waals surface area contributed by atoms with Gasteiger partial charge in [0.1, 0.15) is 6.54 Å². The number of esters is 1. The van der Waals surface area contributed by atoms with Gasteiger partial charge in [0, 0.05) is 19.0 Å². The van der Waals surface area contributed by atoms with Gasteiger partial charge in [0.2, 0.25) is 5.91 Å². The molecule has 9 nitrogen and oxygen atoms in total. The number of amides is 3. The Morgan fingerprint density at radius 3 is 2.58 bits per heavy atom. The molecule has 1 aliphatic heterocycles. The van der Waals surface area contributed by atoms with Crippen molar-refractivity contribution in [2.24, 2.45) is 11.7 Å². The second-order valence-electron chi connectivity index (χ2n) is 5.38. The summed E-state index contributed by atoms with van der Waals surface area (Å²) in [5, 5.41) is 2.32. The van der Waals surface area contributed by atoms with Crippen LogP contribution in [0.25, 0.3) is 0 Å². The lowest BCUT2D eigenvalue weighted by molar-refractivity contribution is -0.151. The van der Waals surface area contributed by atoms with Gasteiger partial charge in [0.05, 0.1) is 6.26 Å². The van der Waals surface area contributed by atoms with E-state index < -0.39 is 18.5 Å². The van der Waals surface area contributed by atoms with Crippen molar-refractivity contribution in [3.63, 3.8) is 0 Å². The van der Waals surface area contributed by atoms with Crippen molar-refractivity contribution in [3.8, 4) is 0 Å². The molecule has 24 heavy (non-hydrogen) atoms. The average molecular weight is 337 g/mol. The number of ether oxygens (including phenoxy) is 1. The highest BCUT2D eigenvalue weighted by Crippen LogP contribution is 2.16. The number of carbonyl (C=O) groups is 4. The third-order valence-electron chi connectivity index (χ3n) is 3.74. The fourth-order valence-electron chi connectivity index (χ4n) is 2.35. The second kappa shape index (κ2) is 8.14. The summed E-state index contributed by atoms with van der Waals surface area (Å²) < 4.78 is 9.70. The van der Waals surface area contributed by atoms with Gasteiger partial charge in [-0.15, -0.1) is 0 Å². The molecule has 1 fully saturated rings. The fraction of sp³-hybridized carbons (Fsp3) is 0.467. The predicted octanol–water partition coefficient (Wildman–Crippen LogP) is -0.723. The molecule has 0 unspecified atom stereocenters. The number of hydrogen-bond acceptors (Lipinski definition) is 6. The van der Waals surface area contributed by atoms with Crippen LogP contribution in [0.1, 0.15) is 23.4 Å². The third-order valence-corrected chi connectivity index (χ3v) is 3.74. The number of furan rings is 1. The molecule has 0 atom stereocenters. The zero-order valence-corrected chi connectivity index (χ0v) is 13.0. The Balaban J connectivity index is 1.65. The number of rotatable bonds is 6. The van der Waals surface area contributed by atoms with Crippen LogP contribution in [-0.2, 0) is 19.1 Å². The van der Waals surface area contributed by atoms with E-state index in [1.165, 1.54) is 17.2 Å². The van der Waals surface area contributed by atoms with Crippen LogP contribution in [0.2, 0.25) is 0 Å². The molecule has 2 rings (SSSR count). The van der Waals surface area contributed by atoms with E-state index in [-0.39, 0.29) is 30.0 Å². The summed E-state index contributed by atoms with van der Waals surface area (Å²) in [4.78, 5) is 47.6. The van der Waals surface area contributed by atoms with Crippen molar-refractivity contribution in [2.75, 3.05) is 26.2 Å². The Hall–Kier alpha value is -2.84. The molecule has 0 bridgehead atoms. The standard InChI is InChI=1S/C15H19N3O6/c16-14(21)10-3-5-18(6-4-10)12(19)9-24-13(20)8-17-15(22)11-2-1-7-23-11/h1-2,7,10H,3-6,8-9H2,(H2,16,21)(H,17,22). The van der Waals surface area contributed by atoms with Gasteiger partial charge in [-0.3, -0.25) is 19.2 Å². The van der Waals surface area contributed by atoms with E-state index in [1.807, 2.05) is 0 Å². The highest BCUT2D eigenvalue weighted by Gasteiger charge is 2.26. The summed E-state index contributed by atoms with van der Waals surface area (Å²) in [6, 6.07) is 3.01. The molecule has 0 saturated carbocycles. The minimum atomic E-state index is -0.727. The van der Waals surface area contributed by atoms with Crippen LogP contribution >= 0.6 is 0 Å². The molecular formula is C15H19N3O6. The molecule has 1 aromatic rings. The number of piperidine rings is 1. The fourth-order valence-corrected chi connectivity index (χ4v) is 2.35. The normalized spacial score (nSPS) is 14.9. The molecule has 3 amide bonds. The minimum Gasteiger partial charge on any atom is -0.459 e. The number of nitrogens with one attached hydrogen (secondary N) is 1. The lowest BCUT2D eigenvalue weighted by Gasteiger charge is -2.30. The summed E-state index contributed by atoms with van der Waals surface area (Å²) in [6.07, 6.45) is 2.36. The molecule has 0 radical (unpaired) electrons. The number of primary amides is 1. The summed E-state index contributed by atoms with van der Waals surface area (Å²) in [6.45, 7) is 0.0334. The second-order valence-corrected chi connectivity index (χ2v) is 5.38. The molecule has 3 N–H and O–H groups in total. The molecule has 2 heterocycles. The number of likely N-dealkylation sites (tertiary alicyclic amines) is 1. The summed E-state index contributed by atoms with van der Waals surface area (Å²) >= 11 is 0. The first kappa shape index (κ1) is 17.5. The molecule has 1 saturated heterocycles. The Kier molecular flexibility index (Phi) is 5.94. The highest BCUT2D eigenvalue weighted by molar-refractivity contribution is 5.93. The smallest absolute Gasteiger partial charge is 0.325 e. The monoisotopic (exact) mass is 337 g/mol. The van der Waals surface area contributed by atoms with E-state index in [1.54, 1.807) is 6.07 Å². The Bertz CT molecular complexity index is 605. The first-order chi connectivity index (χ1) is 11.5. The van der Waals surface area contributed by atoms with Crippen LogP contribution in [0.5, 0.6) is 0 Å². The molecule has 0 spiro atoms. The van der Waals surface area contributed by atoms with Crippen LogP contribution in [0, 0.1) is 5.92 Å². The average Bonchev–Trinajstić information content (AvgIpc) is 3.12. The Morgan fingerprint density at radius 2 is 2.00 bits per heavy atom. The van der Waals surface area contributed by atoms with Gasteiger partial charge in [-0.25, -0.2) is 0 Å². The maximum absolute atomic E-state index is 11.9. The van der Waals surface area contributed by atoms with E-state index in [4.69, 9.17) is 14.9 Å². The van der Waals surface area contributed by atoms with Gasteiger partial charge in [-0.05, 0) is 25.0 Å². The summed E-state index contributed by atoms with van der Waals surface area (Å²) in [5.74, 6) is -2.11. The van der Waals surface area contributed by atoms with Crippen molar-refractivity contribution in [1.82, 2.24) is 10.2 Å². The van der Waals surface area contributed by atoms with Crippen LogP contribution in [0.3, 0.4) is 0 Å². The van der Waals surface area contributed by atoms with Gasteiger partial charge >= 0.3 is 5.97 Å². The minimum absolute atomic E-state index is 0.0798. The molecule has 1 aromatic heterocycles. The molecule has 0 aromatic carbocycles. The van der Waals surface area contributed by atoms with E-state index in [2.05, 4.69) is 5.32 Å². The first-order valence-corrected chi connectivity index (χ1v) is 7.52. The van der Waals surface area contributed by atoms with Crippen LogP contribution in [0.15, 0.2) is 22.8 Å². The molecule has 130 valence electrons. The topological polar surface area (TPSA) is 132 Å². The highest BCUT2D eigenvalue weighted by atomic mass is 16.5. The number of carbonyl (C=O) groups excluding carboxylic acids is 4. The number of nitrogens with zero attached hydrogens (tertiary/aromatic N) is 1. The predicted molar refractivity (Wildman–Crippen MR) is 80.5 cm³/mol. The van der Waals surface area contributed by atoms with Crippen molar-refractivity contribution >= 4 is 23.7 Å². The van der Waals surface area contributed by atoms with Crippen LogP contribution < -0.4 is 11.1 Å². The SMILES string of the molecule is NC(=O)C1CCN(C(=O)COC(=O)CNC(=O)c2ccco2)CC1. The summed E-state index contributed by atoms with van der Waals surface area (Å²) in [5.41, 5.74) is 5.23. The Labute approximate surface area is 138 Å². The zero-order chi connectivity index (χ0) is 17.5. The van der Waals surface area contributed by atoms with Gasteiger partial charge in [0.15, 0.2) is 12.4 Å². The molecule has 9 heteroatoms. The lowest BCUT2D eigenvalue weighted by Crippen LogP contribution is -2.43. The van der Waals surface area contributed by atoms with Crippen molar-refractivity contribution < 1.29 is 28.3 Å². The van der Waals surface area contributed by atoms with Crippen molar-refractivity contribution in [2.45, 2.75) is 12.8 Å². The van der Waals surface area contributed by atoms with Gasteiger partial charge in [0.25, 0.3) is 11.8 Å². The van der Waals surface area contributed by atoms with Crippen molar-refractivity contribution in [1.29, 1.82) is 0 Å². The van der Waals surface area contributed by atoms with E-state index in [9.17, 15) is 19.2 Å². The van der Waals surface area contributed by atoms with Crippen LogP contribution in [0.4, 0.5) is 0 Å². The Morgan fingerprint density at radius 1 is 1.29 bits per heavy atom. The maximum atomic E-state index is 11.9. The number of nitrogens with two attached hydrogens (primary N) is 1. The maximum Gasteiger partial charge on any atom is 0.325 e. The summed E-state index contributed by atoms with van der Waals surface area (Å²) in [7, 11) is 0. The lowest BCUT2D eigenvalue weighted by atomic mass is 9.96. The van der Waals surface area contributed by atoms with Gasteiger partial charge in [-0.1, -0.05) is 0 Å². The largest absolute Gasteiger partial charge is 0.459 e. The first-order valence-electron chi connectivity index (χ1n) is 7.52. The third kappa shape index (κ3) is 4.83. The van der Waals surface area contributed by atoms with Gasteiger partial charge in [-0.2, -0.15) is 0 Å². The molecule has 0 aliphatic carbocycles. The van der Waals surface area contributed by atoms with Crippen LogP contribution in [-0.4, -0.2) is 54.8 Å². The van der Waals surface area contributed by atoms with E-state index in [0.29, 0.717) is 25.9 Å². The van der Waals surface area contributed by atoms with E-state index in [0.717, 1.165) is 0 Å². The molecule has 1 aliphatic rings. The molecular weight excluding hydrogens is 318 g/mol. The zero-order valence-electron chi connectivity index (χ0n) is 13.0. The van der Waals surface area contributed by atoms with Gasteiger partial charge < -0.3 is 25.1 Å². The quantitative estimate of drug-likeness (QED) is 0.658. The van der Waals surface area contributed by atoms with E-state index >= 15 is 0 Å².